The average molecular weight is 310 g/mol. The lowest BCUT2D eigenvalue weighted by Gasteiger charge is -2.36. The summed E-state index contributed by atoms with van der Waals surface area (Å²) in [7, 11) is 1.31. The van der Waals surface area contributed by atoms with Crippen LogP contribution in [0.1, 0.15) is 31.3 Å². The highest BCUT2D eigenvalue weighted by molar-refractivity contribution is 5.87. The third kappa shape index (κ3) is 3.93. The highest BCUT2D eigenvalue weighted by Crippen LogP contribution is 2.21. The molecule has 7 heteroatoms. The van der Waals surface area contributed by atoms with Crippen molar-refractivity contribution in [1.82, 2.24) is 4.90 Å². The molecule has 1 aromatic heterocycles. The Morgan fingerprint density at radius 1 is 1.18 bits per heavy atom. The minimum absolute atomic E-state index is 0.173. The molecule has 0 bridgehead atoms. The summed E-state index contributed by atoms with van der Waals surface area (Å²) in [5, 5.41) is 0. The van der Waals surface area contributed by atoms with Crippen LogP contribution in [0.15, 0.2) is 16.7 Å². The van der Waals surface area contributed by atoms with Crippen LogP contribution in [0, 0.1) is 0 Å². The van der Waals surface area contributed by atoms with Crippen molar-refractivity contribution in [3.8, 4) is 0 Å². The number of hydrogen-bond acceptors (Lipinski definition) is 6. The zero-order valence-corrected chi connectivity index (χ0v) is 13.4. The van der Waals surface area contributed by atoms with Crippen molar-refractivity contribution in [2.24, 2.45) is 0 Å². The van der Waals surface area contributed by atoms with Crippen molar-refractivity contribution >= 4 is 17.7 Å². The van der Waals surface area contributed by atoms with Crippen LogP contribution in [0.2, 0.25) is 0 Å². The summed E-state index contributed by atoms with van der Waals surface area (Å²) >= 11 is 0. The first-order valence-corrected chi connectivity index (χ1v) is 7.20. The highest BCUT2D eigenvalue weighted by Gasteiger charge is 2.26. The minimum Gasteiger partial charge on any atom is -0.463 e. The summed E-state index contributed by atoms with van der Waals surface area (Å²) in [4.78, 5) is 27.1. The summed E-state index contributed by atoms with van der Waals surface area (Å²) < 4.78 is 15.2. The Kier molecular flexibility index (Phi) is 4.63. The van der Waals surface area contributed by atoms with E-state index in [1.165, 1.54) is 13.4 Å². The normalized spacial score (nSPS) is 15.6. The lowest BCUT2D eigenvalue weighted by molar-refractivity contribution is 0.0240. The van der Waals surface area contributed by atoms with E-state index in [9.17, 15) is 9.59 Å². The molecule has 1 fully saturated rings. The molecule has 0 spiro atoms. The number of amides is 1. The first-order chi connectivity index (χ1) is 10.3. The Bertz CT molecular complexity index is 538. The lowest BCUT2D eigenvalue weighted by atomic mass is 10.2. The van der Waals surface area contributed by atoms with E-state index in [0.29, 0.717) is 26.2 Å². The van der Waals surface area contributed by atoms with Crippen molar-refractivity contribution in [3.63, 3.8) is 0 Å². The molecule has 2 rings (SSSR count). The van der Waals surface area contributed by atoms with Gasteiger partial charge in [0.1, 0.15) is 11.9 Å². The molecule has 0 aliphatic carbocycles. The molecule has 0 atom stereocenters. The Hall–Kier alpha value is -2.18. The minimum atomic E-state index is -0.501. The van der Waals surface area contributed by atoms with E-state index in [4.69, 9.17) is 9.15 Å². The monoisotopic (exact) mass is 310 g/mol. The molecule has 1 aliphatic heterocycles. The van der Waals surface area contributed by atoms with E-state index in [1.54, 1.807) is 11.0 Å². The van der Waals surface area contributed by atoms with Crippen molar-refractivity contribution < 1.29 is 23.5 Å². The summed E-state index contributed by atoms with van der Waals surface area (Å²) in [5.74, 6) is -0.328. The van der Waals surface area contributed by atoms with Crippen LogP contribution < -0.4 is 4.90 Å². The van der Waals surface area contributed by atoms with Gasteiger partial charge >= 0.3 is 12.1 Å². The number of rotatable bonds is 2. The number of ether oxygens (including phenoxy) is 2. The quantitative estimate of drug-likeness (QED) is 0.779. The number of anilines is 1. The van der Waals surface area contributed by atoms with Gasteiger partial charge in [-0.05, 0) is 20.8 Å². The average Bonchev–Trinajstić information content (AvgIpc) is 2.94. The van der Waals surface area contributed by atoms with Crippen LogP contribution >= 0.6 is 0 Å². The van der Waals surface area contributed by atoms with Crippen LogP contribution in [-0.4, -0.2) is 55.9 Å². The van der Waals surface area contributed by atoms with Crippen LogP contribution in [0.4, 0.5) is 10.5 Å². The molecule has 1 saturated heterocycles. The molecule has 0 unspecified atom stereocenters. The summed E-state index contributed by atoms with van der Waals surface area (Å²) in [6.07, 6.45) is 1.23. The molecule has 1 amide bonds. The molecule has 0 N–H and O–H groups in total. The molecule has 1 aromatic rings. The van der Waals surface area contributed by atoms with Gasteiger partial charge in [-0.1, -0.05) is 0 Å². The molecule has 0 saturated carbocycles. The molecule has 0 aromatic carbocycles. The molecule has 0 radical (unpaired) electrons. The number of piperazine rings is 1. The maximum Gasteiger partial charge on any atom is 0.410 e. The Balaban J connectivity index is 1.91. The second-order valence-corrected chi connectivity index (χ2v) is 6.12. The van der Waals surface area contributed by atoms with Crippen LogP contribution in [0.5, 0.6) is 0 Å². The number of carbonyl (C=O) groups is 2. The number of methoxy groups -OCH3 is 1. The zero-order chi connectivity index (χ0) is 16.3. The number of carbonyl (C=O) groups excluding carboxylic acids is 2. The zero-order valence-electron chi connectivity index (χ0n) is 13.4. The van der Waals surface area contributed by atoms with Gasteiger partial charge in [-0.15, -0.1) is 0 Å². The smallest absolute Gasteiger partial charge is 0.410 e. The molecule has 22 heavy (non-hydrogen) atoms. The summed E-state index contributed by atoms with van der Waals surface area (Å²) in [6.45, 7) is 7.98. The summed E-state index contributed by atoms with van der Waals surface area (Å²) in [5.41, 5.74) is 0.318. The van der Waals surface area contributed by atoms with Gasteiger partial charge in [-0.25, -0.2) is 9.59 Å². The number of nitrogens with zero attached hydrogens (tertiary/aromatic N) is 2. The first kappa shape index (κ1) is 16.2. The first-order valence-electron chi connectivity index (χ1n) is 7.20. The third-order valence-electron chi connectivity index (χ3n) is 3.27. The van der Waals surface area contributed by atoms with E-state index in [-0.39, 0.29) is 11.9 Å². The van der Waals surface area contributed by atoms with E-state index in [2.05, 4.69) is 9.64 Å². The molecule has 2 heterocycles. The van der Waals surface area contributed by atoms with Gasteiger partial charge in [0.2, 0.25) is 5.76 Å². The van der Waals surface area contributed by atoms with E-state index < -0.39 is 11.6 Å². The molecule has 122 valence electrons. The maximum absolute atomic E-state index is 12.0. The van der Waals surface area contributed by atoms with E-state index >= 15 is 0 Å². The van der Waals surface area contributed by atoms with Crippen LogP contribution in [0.3, 0.4) is 0 Å². The number of hydrogen-bond donors (Lipinski definition) is 0. The van der Waals surface area contributed by atoms with Gasteiger partial charge in [0.05, 0.1) is 12.8 Å². The van der Waals surface area contributed by atoms with Crippen molar-refractivity contribution in [2.75, 3.05) is 38.2 Å². The standard InChI is InChI=1S/C15H22N2O5/c1-15(2,3)22-14(19)17-7-5-16(6-8-17)11-9-12(21-10-11)13(18)20-4/h9-10H,5-8H2,1-4H3. The Morgan fingerprint density at radius 3 is 2.36 bits per heavy atom. The fourth-order valence-corrected chi connectivity index (χ4v) is 2.17. The predicted octanol–water partition coefficient (Wildman–Crippen LogP) is 2.12. The van der Waals surface area contributed by atoms with Gasteiger partial charge in [0.15, 0.2) is 0 Å². The topological polar surface area (TPSA) is 72.2 Å². The predicted molar refractivity (Wildman–Crippen MR) is 80.1 cm³/mol. The van der Waals surface area contributed by atoms with E-state index in [0.717, 1.165) is 5.69 Å². The van der Waals surface area contributed by atoms with Crippen LogP contribution in [0.25, 0.3) is 0 Å². The summed E-state index contributed by atoms with van der Waals surface area (Å²) in [6, 6.07) is 1.65. The maximum atomic E-state index is 12.0. The molecule has 1 aliphatic rings. The van der Waals surface area contributed by atoms with Gasteiger partial charge in [-0.3, -0.25) is 0 Å². The van der Waals surface area contributed by atoms with Crippen molar-refractivity contribution in [2.45, 2.75) is 26.4 Å². The van der Waals surface area contributed by atoms with Crippen molar-refractivity contribution in [1.29, 1.82) is 0 Å². The van der Waals surface area contributed by atoms with Crippen molar-refractivity contribution in [3.05, 3.63) is 18.1 Å². The Labute approximate surface area is 129 Å². The molecular formula is C15H22N2O5. The van der Waals surface area contributed by atoms with Gasteiger partial charge in [-0.2, -0.15) is 0 Å². The lowest BCUT2D eigenvalue weighted by Crippen LogP contribution is -2.50. The number of esters is 1. The second kappa shape index (κ2) is 6.29. The van der Waals surface area contributed by atoms with Gasteiger partial charge in [0.25, 0.3) is 0 Å². The van der Waals surface area contributed by atoms with Crippen LogP contribution in [-0.2, 0) is 9.47 Å². The fourth-order valence-electron chi connectivity index (χ4n) is 2.17. The largest absolute Gasteiger partial charge is 0.463 e. The van der Waals surface area contributed by atoms with Gasteiger partial charge in [0, 0.05) is 32.2 Å². The van der Waals surface area contributed by atoms with Gasteiger partial charge < -0.3 is 23.7 Å². The van der Waals surface area contributed by atoms with E-state index in [1.807, 2.05) is 20.8 Å². The molecule has 7 nitrogen and oxygen atoms in total. The Morgan fingerprint density at radius 2 is 1.82 bits per heavy atom. The number of furan rings is 1. The fraction of sp³-hybridized carbons (Fsp3) is 0.600. The second-order valence-electron chi connectivity index (χ2n) is 6.12. The highest BCUT2D eigenvalue weighted by atomic mass is 16.6. The SMILES string of the molecule is COC(=O)c1cc(N2CCN(C(=O)OC(C)(C)C)CC2)co1. The third-order valence-corrected chi connectivity index (χ3v) is 3.27. The molecular weight excluding hydrogens is 288 g/mol.